The van der Waals surface area contributed by atoms with Crippen molar-refractivity contribution in [3.63, 3.8) is 0 Å². The number of sulfonamides is 1. The van der Waals surface area contributed by atoms with Gasteiger partial charge in [0, 0.05) is 19.8 Å². The fourth-order valence-electron chi connectivity index (χ4n) is 4.37. The van der Waals surface area contributed by atoms with E-state index in [-0.39, 0.29) is 11.7 Å². The summed E-state index contributed by atoms with van der Waals surface area (Å²) in [5.74, 6) is 0.508. The zero-order valence-electron chi connectivity index (χ0n) is 12.9. The van der Waals surface area contributed by atoms with Gasteiger partial charge in [-0.25, -0.2) is 8.42 Å². The average Bonchev–Trinajstić information content (AvgIpc) is 3.06. The number of hydrogen-bond donors (Lipinski definition) is 1. The van der Waals surface area contributed by atoms with E-state index in [1.165, 1.54) is 4.31 Å². The topological polar surface area (TPSA) is 89.7 Å². The maximum Gasteiger partial charge on any atom is 0.236 e. The molecule has 0 spiro atoms. The minimum absolute atomic E-state index is 0.126. The predicted octanol–water partition coefficient (Wildman–Crippen LogP) is 0.719. The standard InChI is InChI=1S/C15H26N2O4S/c16-15(18)14-13-3-1-2-12(13)10-17(14)22(19,20)9-6-11-4-7-21-8-5-11/h11-14H,1-10H2,(H2,16,18)/t12-,13-,14-/m0/s1. The molecule has 3 fully saturated rings. The second-order valence-electron chi connectivity index (χ2n) is 6.93. The van der Waals surface area contributed by atoms with Gasteiger partial charge in [0.05, 0.1) is 5.75 Å². The molecule has 1 amide bonds. The van der Waals surface area contributed by atoms with Gasteiger partial charge < -0.3 is 10.5 Å². The molecule has 0 aromatic carbocycles. The normalized spacial score (nSPS) is 33.9. The van der Waals surface area contributed by atoms with E-state index < -0.39 is 22.0 Å². The lowest BCUT2D eigenvalue weighted by Gasteiger charge is -2.26. The molecular formula is C15H26N2O4S. The van der Waals surface area contributed by atoms with Gasteiger partial charge in [0.15, 0.2) is 0 Å². The van der Waals surface area contributed by atoms with Gasteiger partial charge in [-0.15, -0.1) is 0 Å². The molecule has 0 aromatic heterocycles. The summed E-state index contributed by atoms with van der Waals surface area (Å²) < 4.78 is 32.1. The molecule has 0 aromatic rings. The van der Waals surface area contributed by atoms with Gasteiger partial charge in [0.1, 0.15) is 6.04 Å². The van der Waals surface area contributed by atoms with Crippen molar-refractivity contribution in [3.8, 4) is 0 Å². The Kier molecular flexibility index (Phi) is 4.75. The van der Waals surface area contributed by atoms with Gasteiger partial charge in [0.25, 0.3) is 0 Å². The molecule has 126 valence electrons. The highest BCUT2D eigenvalue weighted by Crippen LogP contribution is 2.43. The van der Waals surface area contributed by atoms with Crippen molar-refractivity contribution in [2.75, 3.05) is 25.5 Å². The molecule has 2 heterocycles. The van der Waals surface area contributed by atoms with Crippen molar-refractivity contribution in [3.05, 3.63) is 0 Å². The summed E-state index contributed by atoms with van der Waals surface area (Å²) in [5, 5.41) is 0. The molecule has 3 rings (SSSR count). The van der Waals surface area contributed by atoms with Crippen molar-refractivity contribution >= 4 is 15.9 Å². The second kappa shape index (κ2) is 6.45. The van der Waals surface area contributed by atoms with Crippen molar-refractivity contribution in [2.24, 2.45) is 23.5 Å². The van der Waals surface area contributed by atoms with Crippen LogP contribution in [0.4, 0.5) is 0 Å². The molecule has 3 atom stereocenters. The van der Waals surface area contributed by atoms with Crippen LogP contribution in [0.3, 0.4) is 0 Å². The van der Waals surface area contributed by atoms with Crippen LogP contribution < -0.4 is 5.73 Å². The number of rotatable bonds is 5. The van der Waals surface area contributed by atoms with E-state index >= 15 is 0 Å². The number of carbonyl (C=O) groups excluding carboxylic acids is 1. The van der Waals surface area contributed by atoms with Crippen molar-refractivity contribution < 1.29 is 17.9 Å². The SMILES string of the molecule is NC(=O)[C@@H]1[C@H]2CCC[C@H]2CN1S(=O)(=O)CCC1CCOCC1. The summed E-state index contributed by atoms with van der Waals surface area (Å²) >= 11 is 0. The summed E-state index contributed by atoms with van der Waals surface area (Å²) in [6.45, 7) is 1.93. The quantitative estimate of drug-likeness (QED) is 0.804. The van der Waals surface area contributed by atoms with Crippen LogP contribution in [0, 0.1) is 17.8 Å². The maximum atomic E-state index is 12.7. The third kappa shape index (κ3) is 3.16. The summed E-state index contributed by atoms with van der Waals surface area (Å²) in [6.07, 6.45) is 5.53. The molecular weight excluding hydrogens is 304 g/mol. The van der Waals surface area contributed by atoms with Gasteiger partial charge in [-0.3, -0.25) is 4.79 Å². The van der Waals surface area contributed by atoms with E-state index in [4.69, 9.17) is 10.5 Å². The van der Waals surface area contributed by atoms with Gasteiger partial charge in [0.2, 0.25) is 15.9 Å². The minimum atomic E-state index is -3.40. The fourth-order valence-corrected chi connectivity index (χ4v) is 6.26. The number of hydrogen-bond acceptors (Lipinski definition) is 4. The van der Waals surface area contributed by atoms with E-state index in [1.54, 1.807) is 0 Å². The summed E-state index contributed by atoms with van der Waals surface area (Å²) in [4.78, 5) is 11.8. The first kappa shape index (κ1) is 16.2. The Labute approximate surface area is 132 Å². The fraction of sp³-hybridized carbons (Fsp3) is 0.933. The number of primary amides is 1. The summed E-state index contributed by atoms with van der Waals surface area (Å²) in [5.41, 5.74) is 5.52. The van der Waals surface area contributed by atoms with E-state index in [1.807, 2.05) is 0 Å². The molecule has 1 aliphatic carbocycles. The average molecular weight is 330 g/mol. The van der Waals surface area contributed by atoms with E-state index in [9.17, 15) is 13.2 Å². The Hall–Kier alpha value is -0.660. The van der Waals surface area contributed by atoms with Crippen LogP contribution in [0.2, 0.25) is 0 Å². The van der Waals surface area contributed by atoms with Crippen LogP contribution in [0.25, 0.3) is 0 Å². The van der Waals surface area contributed by atoms with Crippen LogP contribution in [-0.4, -0.2) is 50.2 Å². The zero-order valence-corrected chi connectivity index (χ0v) is 13.8. The van der Waals surface area contributed by atoms with E-state index in [0.29, 0.717) is 24.8 Å². The highest BCUT2D eigenvalue weighted by molar-refractivity contribution is 7.89. The molecule has 0 radical (unpaired) electrons. The van der Waals surface area contributed by atoms with Crippen LogP contribution in [0.15, 0.2) is 0 Å². The lowest BCUT2D eigenvalue weighted by Crippen LogP contribution is -2.47. The summed E-state index contributed by atoms with van der Waals surface area (Å²) in [6, 6.07) is -0.618. The first-order valence-corrected chi connectivity index (χ1v) is 9.96. The smallest absolute Gasteiger partial charge is 0.236 e. The van der Waals surface area contributed by atoms with Crippen LogP contribution >= 0.6 is 0 Å². The first-order chi connectivity index (χ1) is 10.5. The molecule has 2 aliphatic heterocycles. The Morgan fingerprint density at radius 3 is 2.59 bits per heavy atom. The molecule has 7 heteroatoms. The Balaban J connectivity index is 1.66. The lowest BCUT2D eigenvalue weighted by atomic mass is 9.94. The van der Waals surface area contributed by atoms with E-state index in [2.05, 4.69) is 0 Å². The molecule has 2 saturated heterocycles. The third-order valence-electron chi connectivity index (χ3n) is 5.62. The minimum Gasteiger partial charge on any atom is -0.381 e. The third-order valence-corrected chi connectivity index (χ3v) is 7.46. The number of amides is 1. The highest BCUT2D eigenvalue weighted by Gasteiger charge is 2.50. The summed E-state index contributed by atoms with van der Waals surface area (Å²) in [7, 11) is -3.40. The monoisotopic (exact) mass is 330 g/mol. The Morgan fingerprint density at radius 2 is 1.91 bits per heavy atom. The molecule has 1 saturated carbocycles. The Bertz CT molecular complexity index is 516. The van der Waals surface area contributed by atoms with Gasteiger partial charge >= 0.3 is 0 Å². The number of nitrogens with two attached hydrogens (primary N) is 1. The largest absolute Gasteiger partial charge is 0.381 e. The molecule has 2 N–H and O–H groups in total. The Morgan fingerprint density at radius 1 is 1.18 bits per heavy atom. The van der Waals surface area contributed by atoms with Crippen LogP contribution in [-0.2, 0) is 19.6 Å². The number of nitrogens with zero attached hydrogens (tertiary/aromatic N) is 1. The van der Waals surface area contributed by atoms with Crippen molar-refractivity contribution in [2.45, 2.75) is 44.6 Å². The molecule has 0 bridgehead atoms. The number of ether oxygens (including phenoxy) is 1. The van der Waals surface area contributed by atoms with Crippen LogP contribution in [0.1, 0.15) is 38.5 Å². The van der Waals surface area contributed by atoms with Crippen molar-refractivity contribution in [1.82, 2.24) is 4.31 Å². The zero-order chi connectivity index (χ0) is 15.7. The predicted molar refractivity (Wildman–Crippen MR) is 82.5 cm³/mol. The maximum absolute atomic E-state index is 12.7. The molecule has 6 nitrogen and oxygen atoms in total. The molecule has 0 unspecified atom stereocenters. The number of carbonyl (C=O) groups is 1. The van der Waals surface area contributed by atoms with Gasteiger partial charge in [-0.1, -0.05) is 6.42 Å². The van der Waals surface area contributed by atoms with E-state index in [0.717, 1.165) is 45.3 Å². The molecule has 22 heavy (non-hydrogen) atoms. The first-order valence-electron chi connectivity index (χ1n) is 8.35. The molecule has 3 aliphatic rings. The van der Waals surface area contributed by atoms with Gasteiger partial charge in [-0.05, 0) is 49.9 Å². The lowest BCUT2D eigenvalue weighted by molar-refractivity contribution is -0.122. The second-order valence-corrected chi connectivity index (χ2v) is 8.97. The van der Waals surface area contributed by atoms with Crippen LogP contribution in [0.5, 0.6) is 0 Å². The van der Waals surface area contributed by atoms with Crippen molar-refractivity contribution in [1.29, 1.82) is 0 Å². The van der Waals surface area contributed by atoms with Gasteiger partial charge in [-0.2, -0.15) is 4.31 Å². The highest BCUT2D eigenvalue weighted by atomic mass is 32.2. The number of fused-ring (bicyclic) bond motifs is 1.